The first-order valence-corrected chi connectivity index (χ1v) is 5.39. The van der Waals surface area contributed by atoms with Gasteiger partial charge in [0.2, 0.25) is 0 Å². The Morgan fingerprint density at radius 2 is 1.94 bits per heavy atom. The molecule has 92 valence electrons. The van der Waals surface area contributed by atoms with Crippen molar-refractivity contribution in [3.63, 3.8) is 0 Å². The number of nitrogens with zero attached hydrogens (tertiary/aromatic N) is 1. The molecular formula is C12H17N3O2. The van der Waals surface area contributed by atoms with Gasteiger partial charge in [0.1, 0.15) is 0 Å². The van der Waals surface area contributed by atoms with E-state index in [-0.39, 0.29) is 6.54 Å². The van der Waals surface area contributed by atoms with Gasteiger partial charge in [-0.05, 0) is 32.9 Å². The van der Waals surface area contributed by atoms with Crippen molar-refractivity contribution in [2.75, 3.05) is 0 Å². The molecule has 5 nitrogen and oxygen atoms in total. The summed E-state index contributed by atoms with van der Waals surface area (Å²) in [6.45, 7) is 5.70. The highest BCUT2D eigenvalue weighted by Gasteiger charge is 2.19. The van der Waals surface area contributed by atoms with E-state index in [2.05, 4.69) is 15.6 Å². The van der Waals surface area contributed by atoms with Crippen molar-refractivity contribution in [3.05, 3.63) is 30.1 Å². The van der Waals surface area contributed by atoms with E-state index in [0.717, 1.165) is 0 Å². The monoisotopic (exact) mass is 235 g/mol. The topological polar surface area (TPSA) is 71.1 Å². The Morgan fingerprint density at radius 3 is 2.47 bits per heavy atom. The maximum absolute atomic E-state index is 11.4. The molecule has 0 saturated heterocycles. The molecule has 2 amide bonds. The Labute approximate surface area is 101 Å². The second kappa shape index (κ2) is 5.43. The molecule has 17 heavy (non-hydrogen) atoms. The molecule has 0 unspecified atom stereocenters. The molecule has 0 bridgehead atoms. The van der Waals surface area contributed by atoms with Gasteiger partial charge in [0.05, 0.1) is 12.2 Å². The molecule has 0 aromatic carbocycles. The minimum atomic E-state index is -0.648. The molecule has 0 fully saturated rings. The predicted molar refractivity (Wildman–Crippen MR) is 64.0 cm³/mol. The van der Waals surface area contributed by atoms with Crippen molar-refractivity contribution >= 4 is 11.8 Å². The minimum absolute atomic E-state index is 0.247. The van der Waals surface area contributed by atoms with Crippen LogP contribution in [0.15, 0.2) is 24.4 Å². The number of carbonyl (C=O) groups excluding carboxylic acids is 2. The van der Waals surface area contributed by atoms with Crippen LogP contribution in [0.2, 0.25) is 0 Å². The standard InChI is InChI=1S/C12H17N3O2/c1-12(2,3)15-11(17)10(16)14-8-9-6-4-5-7-13-9/h4-7H,8H2,1-3H3,(H,14,16)(H,15,17). The lowest BCUT2D eigenvalue weighted by molar-refractivity contribution is -0.140. The lowest BCUT2D eigenvalue weighted by Gasteiger charge is -2.19. The van der Waals surface area contributed by atoms with Gasteiger partial charge >= 0.3 is 11.8 Å². The first-order chi connectivity index (χ1) is 7.88. The molecule has 1 aromatic rings. The van der Waals surface area contributed by atoms with E-state index in [1.165, 1.54) is 0 Å². The Hall–Kier alpha value is -1.91. The van der Waals surface area contributed by atoms with Crippen LogP contribution in [0.5, 0.6) is 0 Å². The van der Waals surface area contributed by atoms with E-state index >= 15 is 0 Å². The Kier molecular flexibility index (Phi) is 4.20. The SMILES string of the molecule is CC(C)(C)NC(=O)C(=O)NCc1ccccn1. The van der Waals surface area contributed by atoms with E-state index < -0.39 is 17.4 Å². The molecule has 0 aliphatic rings. The first kappa shape index (κ1) is 13.2. The highest BCUT2D eigenvalue weighted by molar-refractivity contribution is 6.35. The fourth-order valence-electron chi connectivity index (χ4n) is 1.15. The first-order valence-electron chi connectivity index (χ1n) is 5.39. The van der Waals surface area contributed by atoms with Gasteiger partial charge in [-0.25, -0.2) is 0 Å². The number of rotatable bonds is 2. The highest BCUT2D eigenvalue weighted by Crippen LogP contribution is 1.98. The van der Waals surface area contributed by atoms with Crippen molar-refractivity contribution in [1.82, 2.24) is 15.6 Å². The van der Waals surface area contributed by atoms with Crippen LogP contribution in [-0.4, -0.2) is 22.3 Å². The average molecular weight is 235 g/mol. The third-order valence-electron chi connectivity index (χ3n) is 1.85. The van der Waals surface area contributed by atoms with Crippen LogP contribution in [-0.2, 0) is 16.1 Å². The van der Waals surface area contributed by atoms with Gasteiger partial charge in [-0.2, -0.15) is 0 Å². The Balaban J connectivity index is 2.43. The quantitative estimate of drug-likeness (QED) is 0.738. The molecular weight excluding hydrogens is 218 g/mol. The summed E-state index contributed by atoms with van der Waals surface area (Å²) in [6.07, 6.45) is 1.64. The summed E-state index contributed by atoms with van der Waals surface area (Å²) in [5.41, 5.74) is 0.295. The normalized spacial score (nSPS) is 10.8. The molecule has 0 aliphatic carbocycles. The lowest BCUT2D eigenvalue weighted by atomic mass is 10.1. The average Bonchev–Trinajstić information content (AvgIpc) is 2.25. The molecule has 1 heterocycles. The van der Waals surface area contributed by atoms with Gasteiger partial charge in [-0.3, -0.25) is 14.6 Å². The zero-order chi connectivity index (χ0) is 12.9. The van der Waals surface area contributed by atoms with E-state index in [0.29, 0.717) is 5.69 Å². The number of aromatic nitrogens is 1. The number of carbonyl (C=O) groups is 2. The maximum Gasteiger partial charge on any atom is 0.309 e. The molecule has 5 heteroatoms. The van der Waals surface area contributed by atoms with E-state index in [1.54, 1.807) is 18.3 Å². The molecule has 0 atom stereocenters. The summed E-state index contributed by atoms with van der Waals surface area (Å²) >= 11 is 0. The van der Waals surface area contributed by atoms with Crippen molar-refractivity contribution < 1.29 is 9.59 Å². The molecule has 1 aromatic heterocycles. The summed E-state index contributed by atoms with van der Waals surface area (Å²) < 4.78 is 0. The summed E-state index contributed by atoms with van der Waals surface area (Å²) in [4.78, 5) is 26.9. The Morgan fingerprint density at radius 1 is 1.24 bits per heavy atom. The van der Waals surface area contributed by atoms with Crippen LogP contribution in [0.3, 0.4) is 0 Å². The molecule has 0 spiro atoms. The summed E-state index contributed by atoms with van der Waals surface area (Å²) in [5, 5.41) is 5.09. The summed E-state index contributed by atoms with van der Waals surface area (Å²) in [7, 11) is 0. The molecule has 0 aliphatic heterocycles. The largest absolute Gasteiger partial charge is 0.343 e. The number of amides is 2. The van der Waals surface area contributed by atoms with Crippen molar-refractivity contribution in [3.8, 4) is 0 Å². The fraction of sp³-hybridized carbons (Fsp3) is 0.417. The summed E-state index contributed by atoms with van der Waals surface area (Å²) in [5.74, 6) is -1.28. The molecule has 1 rings (SSSR count). The highest BCUT2D eigenvalue weighted by atomic mass is 16.2. The van der Waals surface area contributed by atoms with E-state index in [4.69, 9.17) is 0 Å². The van der Waals surface area contributed by atoms with Gasteiger partial charge < -0.3 is 10.6 Å². The smallest absolute Gasteiger partial charge is 0.309 e. The Bertz CT molecular complexity index is 396. The number of pyridine rings is 1. The van der Waals surface area contributed by atoms with Gasteiger partial charge in [0, 0.05) is 11.7 Å². The van der Waals surface area contributed by atoms with Crippen molar-refractivity contribution in [2.24, 2.45) is 0 Å². The van der Waals surface area contributed by atoms with Crippen molar-refractivity contribution in [1.29, 1.82) is 0 Å². The third kappa shape index (κ3) is 5.10. The molecule has 0 radical (unpaired) electrons. The van der Waals surface area contributed by atoms with Crippen LogP contribution >= 0.6 is 0 Å². The number of hydrogen-bond acceptors (Lipinski definition) is 3. The third-order valence-corrected chi connectivity index (χ3v) is 1.85. The number of hydrogen-bond donors (Lipinski definition) is 2. The van der Waals surface area contributed by atoms with E-state index in [1.807, 2.05) is 26.8 Å². The zero-order valence-corrected chi connectivity index (χ0v) is 10.3. The van der Waals surface area contributed by atoms with Crippen LogP contribution < -0.4 is 10.6 Å². The molecule has 0 saturated carbocycles. The van der Waals surface area contributed by atoms with Crippen LogP contribution in [0.4, 0.5) is 0 Å². The molecule has 2 N–H and O–H groups in total. The zero-order valence-electron chi connectivity index (χ0n) is 10.3. The van der Waals surface area contributed by atoms with Crippen molar-refractivity contribution in [2.45, 2.75) is 32.9 Å². The van der Waals surface area contributed by atoms with Gasteiger partial charge in [-0.15, -0.1) is 0 Å². The second-order valence-corrected chi connectivity index (χ2v) is 4.71. The van der Waals surface area contributed by atoms with Crippen LogP contribution in [0.25, 0.3) is 0 Å². The van der Waals surface area contributed by atoms with Gasteiger partial charge in [0.25, 0.3) is 0 Å². The maximum atomic E-state index is 11.4. The number of nitrogens with one attached hydrogen (secondary N) is 2. The van der Waals surface area contributed by atoms with Crippen LogP contribution in [0, 0.1) is 0 Å². The van der Waals surface area contributed by atoms with Gasteiger partial charge in [0.15, 0.2) is 0 Å². The second-order valence-electron chi connectivity index (χ2n) is 4.71. The fourth-order valence-corrected chi connectivity index (χ4v) is 1.15. The lowest BCUT2D eigenvalue weighted by Crippen LogP contribution is -2.48. The predicted octanol–water partition coefficient (Wildman–Crippen LogP) is 0.612. The minimum Gasteiger partial charge on any atom is -0.343 e. The van der Waals surface area contributed by atoms with Gasteiger partial charge in [-0.1, -0.05) is 6.07 Å². The van der Waals surface area contributed by atoms with Crippen LogP contribution in [0.1, 0.15) is 26.5 Å². The summed E-state index contributed by atoms with van der Waals surface area (Å²) in [6, 6.07) is 5.39. The van der Waals surface area contributed by atoms with E-state index in [9.17, 15) is 9.59 Å².